The summed E-state index contributed by atoms with van der Waals surface area (Å²) in [5.41, 5.74) is 6.24. The summed E-state index contributed by atoms with van der Waals surface area (Å²) in [5, 5.41) is 2.00. The van der Waals surface area contributed by atoms with Crippen molar-refractivity contribution in [3.05, 3.63) is 46.9 Å². The van der Waals surface area contributed by atoms with Crippen molar-refractivity contribution >= 4 is 28.6 Å². The van der Waals surface area contributed by atoms with Gasteiger partial charge in [-0.15, -0.1) is 0 Å². The molecule has 3 aromatic rings. The van der Waals surface area contributed by atoms with E-state index in [2.05, 4.69) is 19.9 Å². The largest absolute Gasteiger partial charge is 0.368 e. The zero-order chi connectivity index (χ0) is 13.2. The number of aromatic nitrogens is 4. The molecule has 0 aliphatic rings. The molecule has 3 N–H and O–H groups in total. The van der Waals surface area contributed by atoms with E-state index in [0.717, 1.165) is 10.9 Å². The lowest BCUT2D eigenvalue weighted by Crippen LogP contribution is -2.05. The average molecular weight is 271 g/mol. The monoisotopic (exact) mass is 271 g/mol. The van der Waals surface area contributed by atoms with Gasteiger partial charge in [-0.25, -0.2) is 15.0 Å². The first-order valence-electron chi connectivity index (χ1n) is 5.48. The Balaban J connectivity index is 2.12. The molecule has 0 radical (unpaired) electrons. The molecule has 0 unspecified atom stereocenters. The lowest BCUT2D eigenvalue weighted by Gasteiger charge is -2.05. The number of hydrogen-bond donors (Lipinski definition) is 2. The van der Waals surface area contributed by atoms with Crippen LogP contribution < -0.4 is 11.3 Å². The summed E-state index contributed by atoms with van der Waals surface area (Å²) < 4.78 is 0. The first-order chi connectivity index (χ1) is 9.22. The highest BCUT2D eigenvalue weighted by Gasteiger charge is 2.08. The number of para-hydroxylation sites is 1. The molecule has 0 saturated heterocycles. The van der Waals surface area contributed by atoms with Crippen LogP contribution >= 0.6 is 11.8 Å². The van der Waals surface area contributed by atoms with Gasteiger partial charge in [-0.1, -0.05) is 18.2 Å². The van der Waals surface area contributed by atoms with Gasteiger partial charge in [-0.2, -0.15) is 0 Å². The molecule has 1 aromatic carbocycles. The van der Waals surface area contributed by atoms with Gasteiger partial charge in [0.1, 0.15) is 5.03 Å². The van der Waals surface area contributed by atoms with Crippen molar-refractivity contribution in [3.8, 4) is 0 Å². The van der Waals surface area contributed by atoms with Gasteiger partial charge in [-0.3, -0.25) is 4.79 Å². The Labute approximate surface area is 112 Å². The van der Waals surface area contributed by atoms with Gasteiger partial charge in [-0.05, 0) is 17.8 Å². The molecule has 94 valence electrons. The van der Waals surface area contributed by atoms with E-state index in [4.69, 9.17) is 5.73 Å². The number of benzene rings is 1. The van der Waals surface area contributed by atoms with Crippen molar-refractivity contribution in [3.63, 3.8) is 0 Å². The van der Waals surface area contributed by atoms with Crippen molar-refractivity contribution in [2.45, 2.75) is 10.2 Å². The minimum atomic E-state index is -0.205. The topological polar surface area (TPSA) is 97.5 Å². The normalized spacial score (nSPS) is 10.7. The third kappa shape index (κ3) is 2.41. The van der Waals surface area contributed by atoms with E-state index < -0.39 is 0 Å². The molecular formula is C12H9N5OS. The van der Waals surface area contributed by atoms with Crippen LogP contribution in [0, 0.1) is 0 Å². The lowest BCUT2D eigenvalue weighted by atomic mass is 10.2. The molecule has 0 spiro atoms. The Morgan fingerprint density at radius 1 is 1.16 bits per heavy atom. The van der Waals surface area contributed by atoms with Crippen LogP contribution in [0.3, 0.4) is 0 Å². The fraction of sp³-hybridized carbons (Fsp3) is 0. The summed E-state index contributed by atoms with van der Waals surface area (Å²) in [7, 11) is 0. The van der Waals surface area contributed by atoms with Crippen LogP contribution in [-0.2, 0) is 0 Å². The van der Waals surface area contributed by atoms with Crippen LogP contribution in [0.1, 0.15) is 0 Å². The number of hydrogen-bond acceptors (Lipinski definition) is 6. The van der Waals surface area contributed by atoms with E-state index in [1.54, 1.807) is 0 Å². The van der Waals surface area contributed by atoms with Crippen molar-refractivity contribution in [2.24, 2.45) is 0 Å². The van der Waals surface area contributed by atoms with Crippen LogP contribution in [0.5, 0.6) is 0 Å². The van der Waals surface area contributed by atoms with Crippen molar-refractivity contribution in [2.75, 3.05) is 5.73 Å². The maximum absolute atomic E-state index is 11.2. The third-order valence-corrected chi connectivity index (χ3v) is 3.33. The van der Waals surface area contributed by atoms with E-state index in [9.17, 15) is 4.79 Å². The molecule has 0 fully saturated rings. The number of H-pyrrole nitrogens is 1. The molecule has 19 heavy (non-hydrogen) atoms. The van der Waals surface area contributed by atoms with E-state index in [0.29, 0.717) is 10.2 Å². The van der Waals surface area contributed by atoms with Gasteiger partial charge in [0, 0.05) is 17.6 Å². The van der Waals surface area contributed by atoms with Crippen LogP contribution in [0.15, 0.2) is 51.5 Å². The molecule has 0 aliphatic carbocycles. The van der Waals surface area contributed by atoms with Gasteiger partial charge < -0.3 is 10.7 Å². The Bertz CT molecular complexity index is 801. The van der Waals surface area contributed by atoms with E-state index in [1.807, 2.05) is 24.3 Å². The van der Waals surface area contributed by atoms with Crippen LogP contribution in [0.4, 0.5) is 5.95 Å². The average Bonchev–Trinajstić information content (AvgIpc) is 2.38. The Morgan fingerprint density at radius 2 is 2.00 bits per heavy atom. The van der Waals surface area contributed by atoms with Crippen LogP contribution in [-0.4, -0.2) is 19.9 Å². The van der Waals surface area contributed by atoms with Gasteiger partial charge in [0.25, 0.3) is 5.56 Å². The third-order valence-electron chi connectivity index (χ3n) is 2.43. The summed E-state index contributed by atoms with van der Waals surface area (Å²) in [5.74, 6) is 0.194. The summed E-state index contributed by atoms with van der Waals surface area (Å²) in [6, 6.07) is 8.90. The minimum absolute atomic E-state index is 0.194. The molecular weight excluding hydrogens is 262 g/mol. The van der Waals surface area contributed by atoms with Crippen LogP contribution in [0.2, 0.25) is 0 Å². The van der Waals surface area contributed by atoms with E-state index >= 15 is 0 Å². The molecule has 0 atom stereocenters. The Hall–Kier alpha value is -2.41. The number of aromatic amines is 1. The maximum Gasteiger partial charge on any atom is 0.251 e. The number of nitrogens with one attached hydrogen (secondary N) is 1. The van der Waals surface area contributed by atoms with Crippen molar-refractivity contribution < 1.29 is 0 Å². The zero-order valence-corrected chi connectivity index (χ0v) is 10.5. The zero-order valence-electron chi connectivity index (χ0n) is 9.70. The molecule has 7 heteroatoms. The second-order valence-corrected chi connectivity index (χ2v) is 4.72. The smallest absolute Gasteiger partial charge is 0.251 e. The number of nitrogens with zero attached hydrogens (tertiary/aromatic N) is 3. The summed E-state index contributed by atoms with van der Waals surface area (Å²) in [6.07, 6.45) is 1.45. The molecule has 0 bridgehead atoms. The van der Waals surface area contributed by atoms with Crippen LogP contribution in [0.25, 0.3) is 10.9 Å². The summed E-state index contributed by atoms with van der Waals surface area (Å²) >= 11 is 1.25. The maximum atomic E-state index is 11.2. The number of nitrogen functional groups attached to an aromatic ring is 1. The summed E-state index contributed by atoms with van der Waals surface area (Å²) in [6.45, 7) is 0. The SMILES string of the molecule is Nc1nc(Sc2nccc(=O)[nH]2)c2ccccc2n1. The van der Waals surface area contributed by atoms with E-state index in [1.165, 1.54) is 24.0 Å². The first kappa shape index (κ1) is 11.7. The lowest BCUT2D eigenvalue weighted by molar-refractivity contribution is 0.933. The molecule has 2 heterocycles. The molecule has 2 aromatic heterocycles. The second-order valence-electron chi connectivity index (χ2n) is 3.75. The van der Waals surface area contributed by atoms with Gasteiger partial charge in [0.05, 0.1) is 5.52 Å². The number of rotatable bonds is 2. The number of nitrogens with two attached hydrogens (primary N) is 1. The molecule has 0 saturated carbocycles. The quantitative estimate of drug-likeness (QED) is 0.540. The molecule has 0 aliphatic heterocycles. The standard InChI is InChI=1S/C12H9N5OS/c13-11-15-8-4-2-1-3-7(8)10(17-11)19-12-14-6-5-9(18)16-12/h1-6H,(H2,13,15,17)(H,14,16,18). The predicted octanol–water partition coefficient (Wildman–Crippen LogP) is 1.45. The molecule has 6 nitrogen and oxygen atoms in total. The minimum Gasteiger partial charge on any atom is -0.368 e. The first-order valence-corrected chi connectivity index (χ1v) is 6.29. The highest BCUT2D eigenvalue weighted by molar-refractivity contribution is 7.99. The van der Waals surface area contributed by atoms with Crippen molar-refractivity contribution in [1.82, 2.24) is 19.9 Å². The predicted molar refractivity (Wildman–Crippen MR) is 72.9 cm³/mol. The molecule has 3 rings (SSSR count). The number of fused-ring (bicyclic) bond motifs is 1. The van der Waals surface area contributed by atoms with E-state index in [-0.39, 0.29) is 11.5 Å². The Morgan fingerprint density at radius 3 is 2.84 bits per heavy atom. The highest BCUT2D eigenvalue weighted by atomic mass is 32.2. The fourth-order valence-electron chi connectivity index (χ4n) is 1.64. The summed E-state index contributed by atoms with van der Waals surface area (Å²) in [4.78, 5) is 26.3. The van der Waals surface area contributed by atoms with Gasteiger partial charge >= 0.3 is 0 Å². The fourth-order valence-corrected chi connectivity index (χ4v) is 2.51. The van der Waals surface area contributed by atoms with Gasteiger partial charge in [0.15, 0.2) is 5.16 Å². The van der Waals surface area contributed by atoms with Gasteiger partial charge in [0.2, 0.25) is 5.95 Å². The number of anilines is 1. The highest BCUT2D eigenvalue weighted by Crippen LogP contribution is 2.29. The van der Waals surface area contributed by atoms with Crippen molar-refractivity contribution in [1.29, 1.82) is 0 Å². The molecule has 0 amide bonds. The Kier molecular flexibility index (Phi) is 2.88. The second kappa shape index (κ2) is 4.69.